The minimum Gasteiger partial charge on any atom is -0.494 e. The minimum atomic E-state index is -0.383. The van der Waals surface area contributed by atoms with Crippen LogP contribution in [0.15, 0.2) is 18.2 Å². The van der Waals surface area contributed by atoms with Crippen molar-refractivity contribution in [2.24, 2.45) is 0 Å². The van der Waals surface area contributed by atoms with Crippen LogP contribution in [0, 0.1) is 5.82 Å². The van der Waals surface area contributed by atoms with Gasteiger partial charge in [-0.1, -0.05) is 12.5 Å². The lowest BCUT2D eigenvalue weighted by Crippen LogP contribution is -2.39. The molecule has 2 rings (SSSR count). The zero-order valence-corrected chi connectivity index (χ0v) is 14.8. The van der Waals surface area contributed by atoms with Gasteiger partial charge in [0.15, 0.2) is 11.6 Å². The third-order valence-corrected chi connectivity index (χ3v) is 4.74. The SMILES string of the molecule is COc1ccc(CCC(=O)NCCCN2CCCCC2C)cc1F. The van der Waals surface area contributed by atoms with Crippen molar-refractivity contribution in [2.75, 3.05) is 26.7 Å². The molecule has 0 spiro atoms. The fourth-order valence-corrected chi connectivity index (χ4v) is 3.21. The van der Waals surface area contributed by atoms with Crippen LogP contribution in [0.5, 0.6) is 5.75 Å². The number of carbonyl (C=O) groups is 1. The first kappa shape index (κ1) is 18.7. The van der Waals surface area contributed by atoms with Crippen LogP contribution in [0.25, 0.3) is 0 Å². The van der Waals surface area contributed by atoms with Crippen molar-refractivity contribution in [3.05, 3.63) is 29.6 Å². The van der Waals surface area contributed by atoms with E-state index in [0.29, 0.717) is 25.4 Å². The Balaban J connectivity index is 1.62. The van der Waals surface area contributed by atoms with E-state index in [-0.39, 0.29) is 17.5 Å². The summed E-state index contributed by atoms with van der Waals surface area (Å²) >= 11 is 0. The van der Waals surface area contributed by atoms with Crippen LogP contribution >= 0.6 is 0 Å². The Hall–Kier alpha value is -1.62. The highest BCUT2D eigenvalue weighted by molar-refractivity contribution is 5.76. The van der Waals surface area contributed by atoms with E-state index in [0.717, 1.165) is 18.5 Å². The number of halogens is 1. The molecule has 1 unspecified atom stereocenters. The number of carbonyl (C=O) groups excluding carboxylic acids is 1. The smallest absolute Gasteiger partial charge is 0.220 e. The quantitative estimate of drug-likeness (QED) is 0.742. The Morgan fingerprint density at radius 2 is 2.25 bits per heavy atom. The van der Waals surface area contributed by atoms with Gasteiger partial charge in [0.25, 0.3) is 0 Å². The Labute approximate surface area is 144 Å². The third kappa shape index (κ3) is 5.78. The van der Waals surface area contributed by atoms with Crippen molar-refractivity contribution in [1.82, 2.24) is 10.2 Å². The average molecular weight is 336 g/mol. The van der Waals surface area contributed by atoms with Gasteiger partial charge in [0.2, 0.25) is 5.91 Å². The van der Waals surface area contributed by atoms with Crippen LogP contribution in [-0.2, 0) is 11.2 Å². The van der Waals surface area contributed by atoms with Gasteiger partial charge < -0.3 is 15.0 Å². The zero-order valence-electron chi connectivity index (χ0n) is 14.8. The van der Waals surface area contributed by atoms with Crippen molar-refractivity contribution >= 4 is 5.91 Å². The molecule has 1 N–H and O–H groups in total. The van der Waals surface area contributed by atoms with Gasteiger partial charge in [-0.2, -0.15) is 0 Å². The molecule has 1 fully saturated rings. The van der Waals surface area contributed by atoms with Crippen molar-refractivity contribution < 1.29 is 13.9 Å². The number of likely N-dealkylation sites (tertiary alicyclic amines) is 1. The number of piperidine rings is 1. The first-order valence-electron chi connectivity index (χ1n) is 8.93. The number of ether oxygens (including phenoxy) is 1. The molecule has 4 nitrogen and oxygen atoms in total. The van der Waals surface area contributed by atoms with Crippen molar-refractivity contribution in [1.29, 1.82) is 0 Å². The minimum absolute atomic E-state index is 0.0259. The standard InChI is InChI=1S/C19H29FN2O2/c1-15-6-3-4-12-22(15)13-5-11-21-19(23)10-8-16-7-9-18(24-2)17(20)14-16/h7,9,14-15H,3-6,8,10-13H2,1-2H3,(H,21,23). The van der Waals surface area contributed by atoms with Gasteiger partial charge >= 0.3 is 0 Å². The highest BCUT2D eigenvalue weighted by atomic mass is 19.1. The molecule has 1 aliphatic rings. The molecule has 0 bridgehead atoms. The van der Waals surface area contributed by atoms with Gasteiger partial charge in [-0.05, 0) is 56.8 Å². The highest BCUT2D eigenvalue weighted by Gasteiger charge is 2.17. The Kier molecular flexibility index (Phi) is 7.50. The van der Waals surface area contributed by atoms with E-state index in [2.05, 4.69) is 17.1 Å². The number of rotatable bonds is 8. The zero-order chi connectivity index (χ0) is 17.4. The Bertz CT molecular complexity index is 536. The fraction of sp³-hybridized carbons (Fsp3) is 0.632. The molecular formula is C19H29FN2O2. The lowest BCUT2D eigenvalue weighted by molar-refractivity contribution is -0.121. The number of benzene rings is 1. The molecule has 1 atom stereocenters. The first-order valence-corrected chi connectivity index (χ1v) is 8.93. The summed E-state index contributed by atoms with van der Waals surface area (Å²) in [6, 6.07) is 5.50. The van der Waals surface area contributed by atoms with Gasteiger partial charge in [0, 0.05) is 25.6 Å². The number of nitrogens with zero attached hydrogens (tertiary/aromatic N) is 1. The number of hydrogen-bond donors (Lipinski definition) is 1. The third-order valence-electron chi connectivity index (χ3n) is 4.74. The van der Waals surface area contributed by atoms with Crippen LogP contribution in [0.4, 0.5) is 4.39 Å². The molecule has 5 heteroatoms. The molecule has 0 radical (unpaired) electrons. The number of amides is 1. The van der Waals surface area contributed by atoms with Crippen LogP contribution in [0.2, 0.25) is 0 Å². The van der Waals surface area contributed by atoms with E-state index in [1.807, 2.05) is 0 Å². The van der Waals surface area contributed by atoms with Crippen molar-refractivity contribution in [2.45, 2.75) is 51.5 Å². The molecule has 1 aromatic rings. The largest absolute Gasteiger partial charge is 0.494 e. The molecule has 0 saturated carbocycles. The predicted molar refractivity (Wildman–Crippen MR) is 93.8 cm³/mol. The molecule has 134 valence electrons. The van der Waals surface area contributed by atoms with Crippen LogP contribution in [-0.4, -0.2) is 43.6 Å². The average Bonchev–Trinajstić information content (AvgIpc) is 2.58. The van der Waals surface area contributed by atoms with Crippen LogP contribution in [0.3, 0.4) is 0 Å². The summed E-state index contributed by atoms with van der Waals surface area (Å²) in [7, 11) is 1.44. The Morgan fingerprint density at radius 1 is 1.42 bits per heavy atom. The van der Waals surface area contributed by atoms with Crippen molar-refractivity contribution in [3.8, 4) is 5.75 Å². The van der Waals surface area contributed by atoms with Gasteiger partial charge in [0.05, 0.1) is 7.11 Å². The molecule has 1 aliphatic heterocycles. The normalized spacial score (nSPS) is 18.4. The fourth-order valence-electron chi connectivity index (χ4n) is 3.21. The number of aryl methyl sites for hydroxylation is 1. The molecule has 24 heavy (non-hydrogen) atoms. The highest BCUT2D eigenvalue weighted by Crippen LogP contribution is 2.18. The van der Waals surface area contributed by atoms with Gasteiger partial charge in [0.1, 0.15) is 0 Å². The maximum absolute atomic E-state index is 13.6. The van der Waals surface area contributed by atoms with Gasteiger partial charge in [-0.25, -0.2) is 4.39 Å². The number of methoxy groups -OCH3 is 1. The van der Waals surface area contributed by atoms with E-state index >= 15 is 0 Å². The first-order chi connectivity index (χ1) is 11.6. The summed E-state index contributed by atoms with van der Waals surface area (Å²) in [6.45, 7) is 5.22. The van der Waals surface area contributed by atoms with E-state index in [1.165, 1.54) is 39.0 Å². The second kappa shape index (κ2) is 9.62. The van der Waals surface area contributed by atoms with E-state index in [1.54, 1.807) is 12.1 Å². The number of nitrogens with one attached hydrogen (secondary N) is 1. The predicted octanol–water partition coefficient (Wildman–Crippen LogP) is 3.15. The van der Waals surface area contributed by atoms with Gasteiger partial charge in [-0.15, -0.1) is 0 Å². The van der Waals surface area contributed by atoms with E-state index in [4.69, 9.17) is 4.74 Å². The lowest BCUT2D eigenvalue weighted by Gasteiger charge is -2.33. The van der Waals surface area contributed by atoms with Crippen LogP contribution in [0.1, 0.15) is 44.6 Å². The van der Waals surface area contributed by atoms with Crippen LogP contribution < -0.4 is 10.1 Å². The molecule has 1 aromatic carbocycles. The van der Waals surface area contributed by atoms with E-state index < -0.39 is 0 Å². The molecule has 1 amide bonds. The summed E-state index contributed by atoms with van der Waals surface area (Å²) in [5, 5.41) is 2.96. The van der Waals surface area contributed by atoms with Crippen molar-refractivity contribution in [3.63, 3.8) is 0 Å². The molecule has 1 heterocycles. The molecule has 0 aromatic heterocycles. The summed E-state index contributed by atoms with van der Waals surface area (Å²) in [6.07, 6.45) is 5.80. The molecule has 0 aliphatic carbocycles. The topological polar surface area (TPSA) is 41.6 Å². The van der Waals surface area contributed by atoms with E-state index in [9.17, 15) is 9.18 Å². The summed E-state index contributed by atoms with van der Waals surface area (Å²) in [5.41, 5.74) is 0.811. The maximum atomic E-state index is 13.6. The Morgan fingerprint density at radius 3 is 2.96 bits per heavy atom. The molecule has 1 saturated heterocycles. The summed E-state index contributed by atoms with van der Waals surface area (Å²) in [5.74, 6) is -0.126. The maximum Gasteiger partial charge on any atom is 0.220 e. The number of hydrogen-bond acceptors (Lipinski definition) is 3. The summed E-state index contributed by atoms with van der Waals surface area (Å²) < 4.78 is 18.5. The monoisotopic (exact) mass is 336 g/mol. The molecular weight excluding hydrogens is 307 g/mol. The summed E-state index contributed by atoms with van der Waals surface area (Å²) in [4.78, 5) is 14.4. The van der Waals surface area contributed by atoms with Gasteiger partial charge in [-0.3, -0.25) is 4.79 Å². The second-order valence-corrected chi connectivity index (χ2v) is 6.55. The lowest BCUT2D eigenvalue weighted by atomic mass is 10.0. The second-order valence-electron chi connectivity index (χ2n) is 6.55.